The van der Waals surface area contributed by atoms with Crippen LogP contribution >= 0.6 is 0 Å². The van der Waals surface area contributed by atoms with Crippen molar-refractivity contribution in [2.45, 2.75) is 32.1 Å². The number of nitrogens with zero attached hydrogens (tertiary/aromatic N) is 5. The van der Waals surface area contributed by atoms with E-state index in [0.717, 1.165) is 104 Å². The van der Waals surface area contributed by atoms with Gasteiger partial charge < -0.3 is 18.5 Å². The number of hydrogen-bond acceptors (Lipinski definition) is 4. The van der Waals surface area contributed by atoms with Crippen LogP contribution in [-0.2, 0) is 19.3 Å². The molecule has 0 saturated carbocycles. The summed E-state index contributed by atoms with van der Waals surface area (Å²) in [7, 11) is 0. The summed E-state index contributed by atoms with van der Waals surface area (Å²) in [5.74, 6) is 1.07. The van der Waals surface area contributed by atoms with Gasteiger partial charge in [-0.25, -0.2) is 0 Å². The molecular weight excluding hydrogens is 747 g/mol. The molecule has 2 aliphatic carbocycles. The summed E-state index contributed by atoms with van der Waals surface area (Å²) in [5.41, 5.74) is 15.2. The molecule has 0 aliphatic heterocycles. The third-order valence-corrected chi connectivity index (χ3v) is 12.8. The molecule has 0 atom stereocenters. The Bertz CT molecular complexity index is 3490. The first kappa shape index (κ1) is 34.9. The lowest BCUT2D eigenvalue weighted by atomic mass is 9.94. The molecule has 0 spiro atoms. The number of benzene rings is 7. The highest BCUT2D eigenvalue weighted by atomic mass is 16.3. The summed E-state index contributed by atoms with van der Waals surface area (Å²) in [6.07, 6.45) is 9.21. The number of hydrogen-bond donors (Lipinski definition) is 0. The van der Waals surface area contributed by atoms with E-state index in [2.05, 4.69) is 160 Å². The molecule has 0 amide bonds. The fourth-order valence-corrected chi connectivity index (χ4v) is 10.1. The fourth-order valence-electron chi connectivity index (χ4n) is 10.1. The predicted octanol–water partition coefficient (Wildman–Crippen LogP) is 13.6. The molecule has 0 N–H and O–H groups in total. The van der Waals surface area contributed by atoms with E-state index in [4.69, 9.17) is 4.42 Å². The van der Waals surface area contributed by atoms with Crippen molar-refractivity contribution in [3.05, 3.63) is 196 Å². The van der Waals surface area contributed by atoms with Gasteiger partial charge in [-0.2, -0.15) is 10.5 Å². The van der Waals surface area contributed by atoms with Gasteiger partial charge in [-0.15, -0.1) is 0 Å². The SMILES string of the molecule is N#Cc1cc(-n2c3ccc(N(c4ccccc4)c4ccccc4)cc3c3c4c5c(oc4ccc32)CCCC5)c(C#N)cc1-n1c2c(c3ccccc31)Cc1ccccc1C=C2. The fraction of sp³-hybridized carbons (Fsp3) is 0.0909. The van der Waals surface area contributed by atoms with Crippen molar-refractivity contribution >= 4 is 72.9 Å². The van der Waals surface area contributed by atoms with Crippen molar-refractivity contribution in [3.8, 4) is 23.5 Å². The van der Waals surface area contributed by atoms with Crippen molar-refractivity contribution in [1.29, 1.82) is 10.5 Å². The Balaban J connectivity index is 1.13. The van der Waals surface area contributed by atoms with Crippen molar-refractivity contribution in [2.75, 3.05) is 4.90 Å². The third kappa shape index (κ3) is 5.33. The first-order valence-electron chi connectivity index (χ1n) is 21.0. The van der Waals surface area contributed by atoms with Gasteiger partial charge in [-0.05, 0) is 115 Å². The molecule has 3 heterocycles. The van der Waals surface area contributed by atoms with Crippen LogP contribution in [0.2, 0.25) is 0 Å². The quantitative estimate of drug-likeness (QED) is 0.174. The molecule has 6 nitrogen and oxygen atoms in total. The van der Waals surface area contributed by atoms with E-state index in [0.29, 0.717) is 22.5 Å². The molecule has 2 aliphatic rings. The molecule has 0 bridgehead atoms. The number of aryl methyl sites for hydroxylation is 2. The summed E-state index contributed by atoms with van der Waals surface area (Å²) in [5, 5.41) is 26.6. The van der Waals surface area contributed by atoms with Crippen LogP contribution in [0.3, 0.4) is 0 Å². The minimum atomic E-state index is 0.480. The lowest BCUT2D eigenvalue weighted by molar-refractivity contribution is 0.506. The topological polar surface area (TPSA) is 73.8 Å². The normalized spacial score (nSPS) is 13.1. The zero-order valence-electron chi connectivity index (χ0n) is 33.3. The second kappa shape index (κ2) is 13.8. The van der Waals surface area contributed by atoms with Crippen molar-refractivity contribution in [2.24, 2.45) is 0 Å². The zero-order chi connectivity index (χ0) is 40.6. The molecule has 61 heavy (non-hydrogen) atoms. The Labute approximate surface area is 352 Å². The number of furan rings is 1. The smallest absolute Gasteiger partial charge is 0.135 e. The number of nitriles is 2. The first-order chi connectivity index (χ1) is 30.2. The summed E-state index contributed by atoms with van der Waals surface area (Å²) in [4.78, 5) is 2.29. The standard InChI is InChI=1S/C55H37N5O/c56-33-37-31-51(38(34-57)30-50(37)59-46-21-11-9-19-42(46)44-29-36-14-8-7-13-35(36)23-25-47(44)59)60-48-26-24-41(58(39-15-3-1-4-16-39)40-17-5-2-6-18-40)32-45(48)54-49(60)27-28-53-55(54)43-20-10-12-22-52(43)61-53/h1-9,11,13-19,21,23-28,30-32H,10,12,20,22,29H2. The van der Waals surface area contributed by atoms with E-state index >= 15 is 0 Å². The van der Waals surface area contributed by atoms with E-state index in [-0.39, 0.29) is 0 Å². The lowest BCUT2D eigenvalue weighted by Crippen LogP contribution is -2.09. The number of fused-ring (bicyclic) bond motifs is 11. The summed E-state index contributed by atoms with van der Waals surface area (Å²) in [6.45, 7) is 0. The van der Waals surface area contributed by atoms with Crippen molar-refractivity contribution < 1.29 is 4.42 Å². The van der Waals surface area contributed by atoms with Crippen molar-refractivity contribution in [1.82, 2.24) is 9.13 Å². The molecular formula is C55H37N5O. The Hall–Kier alpha value is -8.06. The molecule has 10 aromatic rings. The van der Waals surface area contributed by atoms with Gasteiger partial charge in [0.2, 0.25) is 0 Å². The number of anilines is 3. The van der Waals surface area contributed by atoms with E-state index < -0.39 is 0 Å². The van der Waals surface area contributed by atoms with Gasteiger partial charge in [0.05, 0.1) is 44.7 Å². The van der Waals surface area contributed by atoms with Gasteiger partial charge in [-0.1, -0.05) is 84.9 Å². The largest absolute Gasteiger partial charge is 0.461 e. The highest BCUT2D eigenvalue weighted by molar-refractivity contribution is 6.22. The van der Waals surface area contributed by atoms with Gasteiger partial charge in [0.1, 0.15) is 23.5 Å². The van der Waals surface area contributed by atoms with Gasteiger partial charge in [0, 0.05) is 57.0 Å². The van der Waals surface area contributed by atoms with Gasteiger partial charge >= 0.3 is 0 Å². The van der Waals surface area contributed by atoms with E-state index in [9.17, 15) is 10.5 Å². The van der Waals surface area contributed by atoms with E-state index in [1.165, 1.54) is 22.3 Å². The Morgan fingerprint density at radius 1 is 0.525 bits per heavy atom. The molecule has 7 aromatic carbocycles. The maximum absolute atomic E-state index is 11.1. The molecule has 0 fully saturated rings. The predicted molar refractivity (Wildman–Crippen MR) is 246 cm³/mol. The zero-order valence-corrected chi connectivity index (χ0v) is 33.3. The summed E-state index contributed by atoms with van der Waals surface area (Å²) in [6, 6.07) is 57.6. The molecule has 6 heteroatoms. The second-order valence-electron chi connectivity index (χ2n) is 16.1. The second-order valence-corrected chi connectivity index (χ2v) is 16.1. The number of para-hydroxylation sites is 3. The maximum atomic E-state index is 11.1. The number of rotatable bonds is 5. The Morgan fingerprint density at radius 2 is 1.18 bits per heavy atom. The number of aromatic nitrogens is 2. The molecule has 0 radical (unpaired) electrons. The van der Waals surface area contributed by atoms with Crippen LogP contribution in [0.5, 0.6) is 0 Å². The molecule has 0 unspecified atom stereocenters. The maximum Gasteiger partial charge on any atom is 0.135 e. The molecule has 288 valence electrons. The van der Waals surface area contributed by atoms with Gasteiger partial charge in [-0.3, -0.25) is 0 Å². The van der Waals surface area contributed by atoms with E-state index in [1.54, 1.807) is 0 Å². The van der Waals surface area contributed by atoms with Gasteiger partial charge in [0.25, 0.3) is 0 Å². The van der Waals surface area contributed by atoms with Crippen LogP contribution in [0, 0.1) is 22.7 Å². The average molecular weight is 784 g/mol. The third-order valence-electron chi connectivity index (χ3n) is 12.8. The molecule has 12 rings (SSSR count). The first-order valence-corrected chi connectivity index (χ1v) is 21.0. The van der Waals surface area contributed by atoms with Crippen LogP contribution in [-0.4, -0.2) is 9.13 Å². The van der Waals surface area contributed by atoms with Gasteiger partial charge in [0.15, 0.2) is 0 Å². The lowest BCUT2D eigenvalue weighted by Gasteiger charge is -2.25. The van der Waals surface area contributed by atoms with Crippen LogP contribution < -0.4 is 4.90 Å². The van der Waals surface area contributed by atoms with Crippen LogP contribution in [0.4, 0.5) is 17.1 Å². The Morgan fingerprint density at radius 3 is 1.95 bits per heavy atom. The van der Waals surface area contributed by atoms with Crippen molar-refractivity contribution in [3.63, 3.8) is 0 Å². The highest BCUT2D eigenvalue weighted by Crippen LogP contribution is 2.46. The van der Waals surface area contributed by atoms with Crippen LogP contribution in [0.15, 0.2) is 156 Å². The Kier molecular flexibility index (Phi) is 7.88. The summed E-state index contributed by atoms with van der Waals surface area (Å²) >= 11 is 0. The highest BCUT2D eigenvalue weighted by Gasteiger charge is 2.27. The monoisotopic (exact) mass is 783 g/mol. The minimum Gasteiger partial charge on any atom is -0.461 e. The molecule has 0 saturated heterocycles. The van der Waals surface area contributed by atoms with Crippen LogP contribution in [0.1, 0.15) is 57.7 Å². The molecule has 3 aromatic heterocycles. The minimum absolute atomic E-state index is 0.480. The van der Waals surface area contributed by atoms with E-state index in [1.807, 2.05) is 30.3 Å². The van der Waals surface area contributed by atoms with Crippen LogP contribution in [0.25, 0.3) is 67.2 Å². The summed E-state index contributed by atoms with van der Waals surface area (Å²) < 4.78 is 11.0. The average Bonchev–Trinajstić information content (AvgIpc) is 3.91.